The van der Waals surface area contributed by atoms with Crippen molar-refractivity contribution in [1.82, 2.24) is 29.4 Å². The number of benzene rings is 2. The molecule has 1 fully saturated rings. The number of piperidine rings is 1. The van der Waals surface area contributed by atoms with Gasteiger partial charge in [0.05, 0.1) is 29.5 Å². The number of aromatic nitrogens is 5. The Balaban J connectivity index is 1.11. The summed E-state index contributed by atoms with van der Waals surface area (Å²) < 4.78 is 23.3. The normalized spacial score (nSPS) is 18.0. The van der Waals surface area contributed by atoms with Gasteiger partial charge in [0.15, 0.2) is 0 Å². The van der Waals surface area contributed by atoms with Crippen molar-refractivity contribution in [2.45, 2.75) is 31.7 Å². The third kappa shape index (κ3) is 5.43. The van der Waals surface area contributed by atoms with Crippen molar-refractivity contribution >= 4 is 5.82 Å². The van der Waals surface area contributed by atoms with E-state index in [9.17, 15) is 0 Å². The average molecular weight is 573 g/mol. The lowest BCUT2D eigenvalue weighted by atomic mass is 10.0. The number of nitrogens with one attached hydrogen (secondary N) is 1. The van der Waals surface area contributed by atoms with E-state index in [0.29, 0.717) is 44.4 Å². The quantitative estimate of drug-likeness (QED) is 0.290. The van der Waals surface area contributed by atoms with Gasteiger partial charge in [0.2, 0.25) is 11.7 Å². The second kappa shape index (κ2) is 11.6. The largest absolute Gasteiger partial charge is 0.475 e. The third-order valence-electron chi connectivity index (χ3n) is 7.93. The van der Waals surface area contributed by atoms with Crippen LogP contribution < -0.4 is 10.1 Å². The number of anilines is 1. The molecule has 5 heterocycles. The predicted octanol–water partition coefficient (Wildman–Crippen LogP) is 5.36. The first-order valence-corrected chi connectivity index (χ1v) is 14.4. The molecule has 1 N–H and O–H groups in total. The second-order valence-electron chi connectivity index (χ2n) is 10.7. The number of halogens is 1. The first kappa shape index (κ1) is 26.7. The maximum absolute atomic E-state index is 15.2. The van der Waals surface area contributed by atoms with Crippen LogP contribution in [0.1, 0.15) is 17.8 Å². The molecular weight excluding hydrogens is 543 g/mol. The molecular formula is C33H29FN8O. The van der Waals surface area contributed by atoms with Crippen LogP contribution in [0.15, 0.2) is 85.2 Å². The minimum atomic E-state index is -1.07. The first-order chi connectivity index (χ1) is 21.2. The van der Waals surface area contributed by atoms with Crippen LogP contribution in [-0.4, -0.2) is 61.3 Å². The number of fused-ring (bicyclic) bond motifs is 3. The lowest BCUT2D eigenvalue weighted by Crippen LogP contribution is -2.47. The van der Waals surface area contributed by atoms with Gasteiger partial charge < -0.3 is 14.6 Å². The number of imidazole rings is 1. The van der Waals surface area contributed by atoms with E-state index in [4.69, 9.17) is 15.0 Å². The van der Waals surface area contributed by atoms with Gasteiger partial charge in [-0.05, 0) is 30.2 Å². The number of alkyl halides is 1. The smallest absolute Gasteiger partial charge is 0.234 e. The second-order valence-corrected chi connectivity index (χ2v) is 10.7. The zero-order valence-corrected chi connectivity index (χ0v) is 23.4. The summed E-state index contributed by atoms with van der Waals surface area (Å²) in [5.74, 6) is 1.98. The Hall–Kier alpha value is -5.14. The van der Waals surface area contributed by atoms with Gasteiger partial charge in [-0.15, -0.1) is 0 Å². The molecule has 0 bridgehead atoms. The highest BCUT2D eigenvalue weighted by molar-refractivity contribution is 5.83. The average Bonchev–Trinajstić information content (AvgIpc) is 3.33. The minimum Gasteiger partial charge on any atom is -0.475 e. The number of nitrogens with zero attached hydrogens (tertiary/aromatic N) is 7. The zero-order chi connectivity index (χ0) is 29.2. The van der Waals surface area contributed by atoms with Crippen LogP contribution >= 0.6 is 0 Å². The van der Waals surface area contributed by atoms with Crippen molar-refractivity contribution in [2.24, 2.45) is 0 Å². The summed E-state index contributed by atoms with van der Waals surface area (Å²) in [6.07, 6.45) is 2.81. The molecule has 2 aliphatic heterocycles. The molecule has 9 nitrogen and oxygen atoms in total. The number of hydrogen-bond donors (Lipinski definition) is 1. The summed E-state index contributed by atoms with van der Waals surface area (Å²) in [6, 6.07) is 25.9. The molecule has 2 unspecified atom stereocenters. The Morgan fingerprint density at radius 3 is 2.60 bits per heavy atom. The van der Waals surface area contributed by atoms with E-state index in [0.717, 1.165) is 46.0 Å². The Kier molecular flexibility index (Phi) is 7.23. The van der Waals surface area contributed by atoms with Crippen LogP contribution in [0.3, 0.4) is 0 Å². The SMILES string of the molecule is N#Cc1nccc(NC2CCN(Cc3ccc(-c4nc5n(c4-c4ccccc4)CCOc4ncccc4-5)cc3)CC2F)n1. The van der Waals surface area contributed by atoms with Crippen molar-refractivity contribution in [3.63, 3.8) is 0 Å². The Morgan fingerprint density at radius 2 is 1.79 bits per heavy atom. The molecule has 0 amide bonds. The molecule has 7 rings (SSSR count). The molecule has 1 saturated heterocycles. The number of rotatable bonds is 6. The van der Waals surface area contributed by atoms with Crippen molar-refractivity contribution in [3.05, 3.63) is 96.6 Å². The highest BCUT2D eigenvalue weighted by Gasteiger charge is 2.30. The van der Waals surface area contributed by atoms with Crippen LogP contribution in [0.5, 0.6) is 5.88 Å². The van der Waals surface area contributed by atoms with Gasteiger partial charge in [-0.25, -0.2) is 24.3 Å². The molecule has 43 heavy (non-hydrogen) atoms. The van der Waals surface area contributed by atoms with E-state index in [1.165, 1.54) is 6.20 Å². The van der Waals surface area contributed by atoms with Gasteiger partial charge in [0, 0.05) is 43.2 Å². The molecule has 0 saturated carbocycles. The summed E-state index contributed by atoms with van der Waals surface area (Å²) in [6.45, 7) is 2.88. The van der Waals surface area contributed by atoms with Gasteiger partial charge in [-0.1, -0.05) is 54.6 Å². The number of likely N-dealkylation sites (tertiary alicyclic amines) is 1. The lowest BCUT2D eigenvalue weighted by Gasteiger charge is -2.35. The molecule has 10 heteroatoms. The zero-order valence-electron chi connectivity index (χ0n) is 23.4. The summed E-state index contributed by atoms with van der Waals surface area (Å²) >= 11 is 0. The van der Waals surface area contributed by atoms with Crippen LogP contribution in [0.25, 0.3) is 33.9 Å². The fraction of sp³-hybridized carbons (Fsp3) is 0.242. The predicted molar refractivity (Wildman–Crippen MR) is 161 cm³/mol. The molecule has 0 radical (unpaired) electrons. The summed E-state index contributed by atoms with van der Waals surface area (Å²) in [7, 11) is 0. The summed E-state index contributed by atoms with van der Waals surface area (Å²) in [5, 5.41) is 12.2. The topological polar surface area (TPSA) is 105 Å². The highest BCUT2D eigenvalue weighted by atomic mass is 19.1. The fourth-order valence-corrected chi connectivity index (χ4v) is 5.86. The van der Waals surface area contributed by atoms with E-state index < -0.39 is 6.17 Å². The lowest BCUT2D eigenvalue weighted by molar-refractivity contribution is 0.121. The number of nitriles is 1. The first-order valence-electron chi connectivity index (χ1n) is 14.4. The molecule has 5 aromatic rings. The monoisotopic (exact) mass is 572 g/mol. The van der Waals surface area contributed by atoms with Crippen molar-refractivity contribution < 1.29 is 9.13 Å². The summed E-state index contributed by atoms with van der Waals surface area (Å²) in [5.41, 5.74) is 6.05. The highest BCUT2D eigenvalue weighted by Crippen LogP contribution is 2.39. The van der Waals surface area contributed by atoms with Crippen LogP contribution in [0.4, 0.5) is 10.2 Å². The Labute approximate surface area is 248 Å². The molecule has 3 aromatic heterocycles. The van der Waals surface area contributed by atoms with Gasteiger partial charge in [0.25, 0.3) is 0 Å². The molecule has 2 atom stereocenters. The number of ether oxygens (including phenoxy) is 1. The molecule has 2 aliphatic rings. The van der Waals surface area contributed by atoms with E-state index in [-0.39, 0.29) is 11.9 Å². The van der Waals surface area contributed by atoms with E-state index in [2.05, 4.69) is 66.1 Å². The maximum Gasteiger partial charge on any atom is 0.234 e. The number of hydrogen-bond acceptors (Lipinski definition) is 8. The number of pyridine rings is 1. The van der Waals surface area contributed by atoms with Gasteiger partial charge in [-0.2, -0.15) is 5.26 Å². The summed E-state index contributed by atoms with van der Waals surface area (Å²) in [4.78, 5) is 19.7. The molecule has 2 aromatic carbocycles. The Morgan fingerprint density at radius 1 is 0.930 bits per heavy atom. The standard InChI is InChI=1S/C33H29FN8O/c34-26-21-41(16-13-27(26)38-28-12-15-36-29(19-35)39-28)20-22-8-10-23(11-9-22)30-31(24-5-2-1-3-6-24)42-17-18-43-33-25(32(42)40-30)7-4-14-37-33/h1-12,14-15,26-27H,13,16-18,20-21H2,(H,36,38,39). The van der Waals surface area contributed by atoms with E-state index in [1.54, 1.807) is 12.3 Å². The van der Waals surface area contributed by atoms with E-state index >= 15 is 4.39 Å². The molecule has 0 aliphatic carbocycles. The van der Waals surface area contributed by atoms with Crippen molar-refractivity contribution in [3.8, 4) is 45.9 Å². The minimum absolute atomic E-state index is 0.0687. The van der Waals surface area contributed by atoms with Gasteiger partial charge >= 0.3 is 0 Å². The van der Waals surface area contributed by atoms with Crippen LogP contribution in [0, 0.1) is 11.3 Å². The third-order valence-corrected chi connectivity index (χ3v) is 7.93. The van der Waals surface area contributed by atoms with Crippen molar-refractivity contribution in [1.29, 1.82) is 5.26 Å². The van der Waals surface area contributed by atoms with Crippen molar-refractivity contribution in [2.75, 3.05) is 25.0 Å². The van der Waals surface area contributed by atoms with E-state index in [1.807, 2.05) is 36.4 Å². The van der Waals surface area contributed by atoms with Crippen LogP contribution in [0.2, 0.25) is 0 Å². The molecule has 214 valence electrons. The molecule has 0 spiro atoms. The Bertz CT molecular complexity index is 1780. The van der Waals surface area contributed by atoms with Crippen LogP contribution in [-0.2, 0) is 13.1 Å². The van der Waals surface area contributed by atoms with Gasteiger partial charge in [0.1, 0.15) is 30.5 Å². The maximum atomic E-state index is 15.2. The van der Waals surface area contributed by atoms with Gasteiger partial charge in [-0.3, -0.25) is 4.90 Å². The fourth-order valence-electron chi connectivity index (χ4n) is 5.86.